The normalized spacial score (nSPS) is 10.1. The van der Waals surface area contributed by atoms with Crippen molar-refractivity contribution in [2.24, 2.45) is 0 Å². The molecule has 1 heteroatoms. The second kappa shape index (κ2) is 9.41. The third-order valence-corrected chi connectivity index (χ3v) is 1.36. The SMILES string of the molecule is CC.CCC(=N)/C=C(\C)CC. The van der Waals surface area contributed by atoms with Gasteiger partial charge in [-0.2, -0.15) is 0 Å². The van der Waals surface area contributed by atoms with E-state index in [1.807, 2.05) is 26.8 Å². The van der Waals surface area contributed by atoms with Gasteiger partial charge in [0.05, 0.1) is 0 Å². The Hall–Kier alpha value is -0.590. The van der Waals surface area contributed by atoms with Gasteiger partial charge in [-0.05, 0) is 25.8 Å². The number of rotatable bonds is 3. The summed E-state index contributed by atoms with van der Waals surface area (Å²) < 4.78 is 0. The summed E-state index contributed by atoms with van der Waals surface area (Å²) in [5, 5.41) is 7.29. The Morgan fingerprint density at radius 2 is 1.64 bits per heavy atom. The smallest absolute Gasteiger partial charge is 0.0310 e. The van der Waals surface area contributed by atoms with E-state index in [4.69, 9.17) is 5.41 Å². The zero-order chi connectivity index (χ0) is 9.28. The second-order valence-corrected chi connectivity index (χ2v) is 2.22. The predicted octanol–water partition coefficient (Wildman–Crippen LogP) is 3.80. The van der Waals surface area contributed by atoms with Crippen LogP contribution in [-0.2, 0) is 0 Å². The van der Waals surface area contributed by atoms with Gasteiger partial charge in [0, 0.05) is 5.71 Å². The molecule has 0 atom stereocenters. The quantitative estimate of drug-likeness (QED) is 0.599. The van der Waals surface area contributed by atoms with Crippen molar-refractivity contribution in [1.29, 1.82) is 5.41 Å². The maximum atomic E-state index is 7.29. The molecule has 0 aliphatic carbocycles. The van der Waals surface area contributed by atoms with Crippen LogP contribution < -0.4 is 0 Å². The molecule has 0 spiro atoms. The van der Waals surface area contributed by atoms with Crippen molar-refractivity contribution in [3.05, 3.63) is 11.6 Å². The zero-order valence-corrected chi connectivity index (χ0v) is 8.49. The molecular formula is C10H21N. The highest BCUT2D eigenvalue weighted by molar-refractivity contribution is 5.92. The molecule has 0 bridgehead atoms. The van der Waals surface area contributed by atoms with Gasteiger partial charge in [0.2, 0.25) is 0 Å². The van der Waals surface area contributed by atoms with E-state index < -0.39 is 0 Å². The fourth-order valence-electron chi connectivity index (χ4n) is 0.502. The van der Waals surface area contributed by atoms with Gasteiger partial charge in [0.15, 0.2) is 0 Å². The highest BCUT2D eigenvalue weighted by Crippen LogP contribution is 1.98. The standard InChI is InChI=1S/C8H15N.C2H6/c1-4-7(3)6-8(9)5-2;1-2/h6,9H,4-5H2,1-3H3;1-2H3/b7-6+,9-8?;. The van der Waals surface area contributed by atoms with E-state index in [0.717, 1.165) is 18.6 Å². The van der Waals surface area contributed by atoms with E-state index in [-0.39, 0.29) is 0 Å². The van der Waals surface area contributed by atoms with E-state index in [9.17, 15) is 0 Å². The van der Waals surface area contributed by atoms with Gasteiger partial charge in [-0.1, -0.05) is 33.3 Å². The summed E-state index contributed by atoms with van der Waals surface area (Å²) in [5.41, 5.74) is 2.02. The Morgan fingerprint density at radius 1 is 1.18 bits per heavy atom. The molecule has 0 aromatic rings. The Balaban J connectivity index is 0. The van der Waals surface area contributed by atoms with Crippen LogP contribution in [-0.4, -0.2) is 5.71 Å². The van der Waals surface area contributed by atoms with Gasteiger partial charge in [-0.15, -0.1) is 0 Å². The molecular weight excluding hydrogens is 134 g/mol. The fourth-order valence-corrected chi connectivity index (χ4v) is 0.502. The first-order chi connectivity index (χ1) is 5.20. The minimum absolute atomic E-state index is 0.731. The minimum atomic E-state index is 0.731. The maximum Gasteiger partial charge on any atom is 0.0310 e. The van der Waals surface area contributed by atoms with Crippen LogP contribution in [0.15, 0.2) is 11.6 Å². The van der Waals surface area contributed by atoms with Crippen LogP contribution in [0.4, 0.5) is 0 Å². The summed E-state index contributed by atoms with van der Waals surface area (Å²) in [5.74, 6) is 0. The van der Waals surface area contributed by atoms with Crippen molar-refractivity contribution < 1.29 is 0 Å². The second-order valence-electron chi connectivity index (χ2n) is 2.22. The van der Waals surface area contributed by atoms with Crippen LogP contribution in [0.2, 0.25) is 0 Å². The van der Waals surface area contributed by atoms with Gasteiger partial charge >= 0.3 is 0 Å². The lowest BCUT2D eigenvalue weighted by molar-refractivity contribution is 1.10. The molecule has 0 amide bonds. The molecule has 66 valence electrons. The largest absolute Gasteiger partial charge is 0.305 e. The summed E-state index contributed by atoms with van der Waals surface area (Å²) in [6.07, 6.45) is 3.85. The third-order valence-electron chi connectivity index (χ3n) is 1.36. The first kappa shape index (κ1) is 13.0. The van der Waals surface area contributed by atoms with E-state index in [0.29, 0.717) is 0 Å². The Bertz CT molecular complexity index is 123. The fraction of sp³-hybridized carbons (Fsp3) is 0.700. The molecule has 0 aromatic carbocycles. The van der Waals surface area contributed by atoms with E-state index >= 15 is 0 Å². The highest BCUT2D eigenvalue weighted by atomic mass is 14.4. The lowest BCUT2D eigenvalue weighted by Crippen LogP contribution is -1.87. The lowest BCUT2D eigenvalue weighted by Gasteiger charge is -1.93. The van der Waals surface area contributed by atoms with E-state index in [1.54, 1.807) is 0 Å². The van der Waals surface area contributed by atoms with Crippen LogP contribution in [0.3, 0.4) is 0 Å². The van der Waals surface area contributed by atoms with Crippen molar-refractivity contribution in [2.75, 3.05) is 0 Å². The predicted molar refractivity (Wildman–Crippen MR) is 53.4 cm³/mol. The van der Waals surface area contributed by atoms with Crippen LogP contribution in [0.1, 0.15) is 47.5 Å². The van der Waals surface area contributed by atoms with Gasteiger partial charge < -0.3 is 5.41 Å². The number of allylic oxidation sites excluding steroid dienone is 2. The number of nitrogens with one attached hydrogen (secondary N) is 1. The van der Waals surface area contributed by atoms with Crippen LogP contribution in [0.5, 0.6) is 0 Å². The molecule has 0 saturated carbocycles. The summed E-state index contributed by atoms with van der Waals surface area (Å²) in [4.78, 5) is 0. The van der Waals surface area contributed by atoms with Crippen LogP contribution in [0.25, 0.3) is 0 Å². The molecule has 0 fully saturated rings. The summed E-state index contributed by atoms with van der Waals surface area (Å²) in [7, 11) is 0. The molecule has 0 aliphatic heterocycles. The van der Waals surface area contributed by atoms with Gasteiger partial charge in [-0.25, -0.2) is 0 Å². The van der Waals surface area contributed by atoms with Crippen molar-refractivity contribution in [3.8, 4) is 0 Å². The van der Waals surface area contributed by atoms with Gasteiger partial charge in [0.25, 0.3) is 0 Å². The average molecular weight is 155 g/mol. The molecule has 0 rings (SSSR count). The summed E-state index contributed by atoms with van der Waals surface area (Å²) >= 11 is 0. The molecule has 0 unspecified atom stereocenters. The van der Waals surface area contributed by atoms with E-state index in [1.165, 1.54) is 5.57 Å². The van der Waals surface area contributed by atoms with Crippen molar-refractivity contribution in [2.45, 2.75) is 47.5 Å². The Labute approximate surface area is 71.0 Å². The summed E-state index contributed by atoms with van der Waals surface area (Å²) in [6.45, 7) is 10.2. The van der Waals surface area contributed by atoms with Crippen LogP contribution >= 0.6 is 0 Å². The summed E-state index contributed by atoms with van der Waals surface area (Å²) in [6, 6.07) is 0. The molecule has 1 nitrogen and oxygen atoms in total. The Morgan fingerprint density at radius 3 is 1.91 bits per heavy atom. The first-order valence-corrected chi connectivity index (χ1v) is 4.45. The van der Waals surface area contributed by atoms with Crippen molar-refractivity contribution >= 4 is 5.71 Å². The molecule has 0 aromatic heterocycles. The highest BCUT2D eigenvalue weighted by Gasteiger charge is 1.86. The van der Waals surface area contributed by atoms with Gasteiger partial charge in [-0.3, -0.25) is 0 Å². The molecule has 0 radical (unpaired) electrons. The minimum Gasteiger partial charge on any atom is -0.305 e. The number of hydrogen-bond donors (Lipinski definition) is 1. The topological polar surface area (TPSA) is 23.9 Å². The first-order valence-electron chi connectivity index (χ1n) is 4.45. The molecule has 11 heavy (non-hydrogen) atoms. The molecule has 0 aliphatic rings. The maximum absolute atomic E-state index is 7.29. The number of hydrogen-bond acceptors (Lipinski definition) is 1. The molecule has 1 N–H and O–H groups in total. The lowest BCUT2D eigenvalue weighted by atomic mass is 10.1. The average Bonchev–Trinajstić information content (AvgIpc) is 2.07. The Kier molecular flexibility index (Phi) is 11.1. The van der Waals surface area contributed by atoms with Crippen molar-refractivity contribution in [3.63, 3.8) is 0 Å². The third kappa shape index (κ3) is 9.41. The van der Waals surface area contributed by atoms with Gasteiger partial charge in [0.1, 0.15) is 0 Å². The molecule has 0 saturated heterocycles. The van der Waals surface area contributed by atoms with Crippen LogP contribution in [0, 0.1) is 5.41 Å². The van der Waals surface area contributed by atoms with E-state index in [2.05, 4.69) is 13.8 Å². The van der Waals surface area contributed by atoms with Crippen molar-refractivity contribution in [1.82, 2.24) is 0 Å². The molecule has 0 heterocycles. The zero-order valence-electron chi connectivity index (χ0n) is 8.49. The monoisotopic (exact) mass is 155 g/mol.